The number of benzene rings is 2. The topological polar surface area (TPSA) is 67.2 Å². The molecule has 0 radical (unpaired) electrons. The molecule has 0 saturated heterocycles. The van der Waals surface area contributed by atoms with Crippen molar-refractivity contribution in [3.63, 3.8) is 0 Å². The number of rotatable bonds is 3. The predicted octanol–water partition coefficient (Wildman–Crippen LogP) is 3.81. The average Bonchev–Trinajstić information content (AvgIpc) is 2.91. The Morgan fingerprint density at radius 3 is 2.42 bits per heavy atom. The number of nitrogens with one attached hydrogen (secondary N) is 1. The van der Waals surface area contributed by atoms with Crippen molar-refractivity contribution >= 4 is 17.0 Å². The van der Waals surface area contributed by atoms with Crippen LogP contribution in [-0.4, -0.2) is 21.0 Å². The third-order valence-corrected chi connectivity index (χ3v) is 3.51. The van der Waals surface area contributed by atoms with Crippen LogP contribution in [0.2, 0.25) is 0 Å². The zero-order valence-electron chi connectivity index (χ0n) is 12.2. The van der Waals surface area contributed by atoms with Gasteiger partial charge in [-0.05, 0) is 30.3 Å². The van der Waals surface area contributed by atoms with Crippen molar-refractivity contribution in [2.24, 2.45) is 0 Å². The molecular weight excluding hydrogens is 323 g/mol. The van der Waals surface area contributed by atoms with Gasteiger partial charge in [0.2, 0.25) is 0 Å². The predicted molar refractivity (Wildman–Crippen MR) is 80.9 cm³/mol. The maximum atomic E-state index is 12.7. The van der Waals surface area contributed by atoms with Crippen molar-refractivity contribution in [2.45, 2.75) is 12.7 Å². The number of alkyl halides is 3. The van der Waals surface area contributed by atoms with E-state index >= 15 is 0 Å². The lowest BCUT2D eigenvalue weighted by atomic mass is 10.2. The number of hydrogen-bond donors (Lipinski definition) is 2. The van der Waals surface area contributed by atoms with Gasteiger partial charge in [0.25, 0.3) is 0 Å². The molecule has 0 fully saturated rings. The average molecular weight is 335 g/mol. The molecule has 2 aromatic carbocycles. The molecule has 0 aliphatic rings. The van der Waals surface area contributed by atoms with E-state index in [0.29, 0.717) is 16.9 Å². The summed E-state index contributed by atoms with van der Waals surface area (Å²) in [6, 6.07) is 11.7. The van der Waals surface area contributed by atoms with Crippen LogP contribution in [0.3, 0.4) is 0 Å². The molecule has 1 aromatic heterocycles. The van der Waals surface area contributed by atoms with E-state index in [0.717, 1.165) is 17.5 Å². The maximum Gasteiger partial charge on any atom is 0.416 e. The molecule has 0 unspecified atom stereocenters. The number of carboxylic acid groups (broad SMARTS) is 1. The highest BCUT2D eigenvalue weighted by Crippen LogP contribution is 2.30. The second-order valence-corrected chi connectivity index (χ2v) is 5.08. The van der Waals surface area contributed by atoms with Crippen molar-refractivity contribution in [1.29, 1.82) is 0 Å². The van der Waals surface area contributed by atoms with Crippen LogP contribution in [0.5, 0.6) is 0 Å². The molecule has 1 heterocycles. The summed E-state index contributed by atoms with van der Waals surface area (Å²) in [6.07, 6.45) is -5.58. The molecule has 8 heteroatoms. The highest BCUT2D eigenvalue weighted by Gasteiger charge is 2.30. The molecule has 1 amide bonds. The Hall–Kier alpha value is -3.03. The van der Waals surface area contributed by atoms with E-state index in [1.165, 1.54) is 16.8 Å². The second kappa shape index (κ2) is 5.88. The summed E-state index contributed by atoms with van der Waals surface area (Å²) in [5.74, 6) is 0. The van der Waals surface area contributed by atoms with Crippen LogP contribution in [0, 0.1) is 0 Å². The van der Waals surface area contributed by atoms with Gasteiger partial charge >= 0.3 is 12.3 Å². The highest BCUT2D eigenvalue weighted by molar-refractivity contribution is 5.83. The van der Waals surface area contributed by atoms with E-state index in [9.17, 15) is 18.0 Å². The smallest absolute Gasteiger partial charge is 0.416 e. The van der Waals surface area contributed by atoms with Gasteiger partial charge in [-0.15, -0.1) is 0 Å². The molecule has 0 aliphatic heterocycles. The number of halogens is 3. The summed E-state index contributed by atoms with van der Waals surface area (Å²) in [5, 5.41) is 16.0. The van der Waals surface area contributed by atoms with Crippen molar-refractivity contribution < 1.29 is 23.1 Å². The molecule has 0 bridgehead atoms. The van der Waals surface area contributed by atoms with Crippen LogP contribution in [-0.2, 0) is 12.7 Å². The van der Waals surface area contributed by atoms with E-state index in [4.69, 9.17) is 5.11 Å². The minimum atomic E-state index is -4.40. The van der Waals surface area contributed by atoms with Crippen LogP contribution < -0.4 is 5.32 Å². The number of carbonyl (C=O) groups is 1. The molecule has 0 spiro atoms. The number of hydrogen-bond acceptors (Lipinski definition) is 2. The Kier molecular flexibility index (Phi) is 3.88. The van der Waals surface area contributed by atoms with Crippen LogP contribution in [0.4, 0.5) is 18.0 Å². The monoisotopic (exact) mass is 335 g/mol. The molecule has 0 saturated carbocycles. The normalized spacial score (nSPS) is 11.6. The van der Waals surface area contributed by atoms with Gasteiger partial charge in [0.15, 0.2) is 0 Å². The van der Waals surface area contributed by atoms with Gasteiger partial charge in [-0.25, -0.2) is 9.48 Å². The number of fused-ring (bicyclic) bond motifs is 1. The van der Waals surface area contributed by atoms with Crippen LogP contribution >= 0.6 is 0 Å². The Balaban J connectivity index is 2.04. The number of para-hydroxylation sites is 1. The lowest BCUT2D eigenvalue weighted by molar-refractivity contribution is -0.137. The number of aromatic nitrogens is 2. The van der Waals surface area contributed by atoms with E-state index < -0.39 is 17.8 Å². The van der Waals surface area contributed by atoms with E-state index in [1.54, 1.807) is 24.3 Å². The van der Waals surface area contributed by atoms with Crippen LogP contribution in [0.1, 0.15) is 11.3 Å². The second-order valence-electron chi connectivity index (χ2n) is 5.08. The van der Waals surface area contributed by atoms with Gasteiger partial charge in [-0.3, -0.25) is 0 Å². The first kappa shape index (κ1) is 15.9. The third kappa shape index (κ3) is 3.03. The lowest BCUT2D eigenvalue weighted by Crippen LogP contribution is -2.20. The van der Waals surface area contributed by atoms with Gasteiger partial charge in [-0.1, -0.05) is 18.2 Å². The molecule has 3 rings (SSSR count). The van der Waals surface area contributed by atoms with E-state index in [-0.39, 0.29) is 6.54 Å². The molecule has 2 N–H and O–H groups in total. The van der Waals surface area contributed by atoms with Gasteiger partial charge < -0.3 is 10.4 Å². The summed E-state index contributed by atoms with van der Waals surface area (Å²) < 4.78 is 39.5. The molecule has 5 nitrogen and oxygen atoms in total. The van der Waals surface area contributed by atoms with E-state index in [2.05, 4.69) is 10.4 Å². The first-order valence-electron chi connectivity index (χ1n) is 6.97. The zero-order chi connectivity index (χ0) is 17.3. The third-order valence-electron chi connectivity index (χ3n) is 3.51. The lowest BCUT2D eigenvalue weighted by Gasteiger charge is -2.08. The van der Waals surface area contributed by atoms with Crippen LogP contribution in [0.25, 0.3) is 16.6 Å². The highest BCUT2D eigenvalue weighted by atomic mass is 19.4. The molecule has 124 valence electrons. The van der Waals surface area contributed by atoms with Gasteiger partial charge in [0, 0.05) is 5.39 Å². The van der Waals surface area contributed by atoms with Crippen molar-refractivity contribution in [2.75, 3.05) is 0 Å². The summed E-state index contributed by atoms with van der Waals surface area (Å²) in [5.41, 5.74) is 0.892. The summed E-state index contributed by atoms with van der Waals surface area (Å²) in [7, 11) is 0. The van der Waals surface area contributed by atoms with Gasteiger partial charge in [0.05, 0.1) is 29.0 Å². The summed E-state index contributed by atoms with van der Waals surface area (Å²) in [6.45, 7) is 0.00345. The molecule has 0 aliphatic carbocycles. The quantitative estimate of drug-likeness (QED) is 0.765. The van der Waals surface area contributed by atoms with E-state index in [1.807, 2.05) is 0 Å². The fourth-order valence-electron chi connectivity index (χ4n) is 2.41. The SMILES string of the molecule is O=C(O)NCc1nn(-c2ccc(C(F)(F)F)cc2)c2ccccc12. The summed E-state index contributed by atoms with van der Waals surface area (Å²) in [4.78, 5) is 10.7. The standard InChI is InChI=1S/C16H12F3N3O2/c17-16(18,19)10-5-7-11(8-6-10)22-14-4-2-1-3-12(14)13(21-22)9-20-15(23)24/h1-8,20H,9H2,(H,23,24). The summed E-state index contributed by atoms with van der Waals surface area (Å²) >= 11 is 0. The van der Waals surface area contributed by atoms with Crippen LogP contribution in [0.15, 0.2) is 48.5 Å². The first-order valence-corrected chi connectivity index (χ1v) is 6.97. The van der Waals surface area contributed by atoms with Crippen molar-refractivity contribution in [1.82, 2.24) is 15.1 Å². The maximum absolute atomic E-state index is 12.7. The largest absolute Gasteiger partial charge is 0.465 e. The number of nitrogens with zero attached hydrogens (tertiary/aromatic N) is 2. The molecular formula is C16H12F3N3O2. The Morgan fingerprint density at radius 1 is 1.12 bits per heavy atom. The van der Waals surface area contributed by atoms with Gasteiger partial charge in [-0.2, -0.15) is 18.3 Å². The Labute approximate surface area is 134 Å². The molecule has 0 atom stereocenters. The zero-order valence-corrected chi connectivity index (χ0v) is 12.2. The Morgan fingerprint density at radius 2 is 1.79 bits per heavy atom. The minimum absolute atomic E-state index is 0.00345. The first-order chi connectivity index (χ1) is 11.4. The molecule has 3 aromatic rings. The van der Waals surface area contributed by atoms with Crippen molar-refractivity contribution in [3.05, 3.63) is 59.8 Å². The minimum Gasteiger partial charge on any atom is -0.465 e. The van der Waals surface area contributed by atoms with Gasteiger partial charge in [0.1, 0.15) is 0 Å². The molecule has 24 heavy (non-hydrogen) atoms. The number of amides is 1. The fraction of sp³-hybridized carbons (Fsp3) is 0.125. The fourth-order valence-corrected chi connectivity index (χ4v) is 2.41. The Bertz CT molecular complexity index is 886. The van der Waals surface area contributed by atoms with Crippen molar-refractivity contribution in [3.8, 4) is 5.69 Å².